The predicted octanol–water partition coefficient (Wildman–Crippen LogP) is 8.97. The van der Waals surface area contributed by atoms with E-state index in [4.69, 9.17) is 9.47 Å². The lowest BCUT2D eigenvalue weighted by Gasteiger charge is -2.15. The van der Waals surface area contributed by atoms with Gasteiger partial charge in [0.1, 0.15) is 6.10 Å². The Morgan fingerprint density at radius 1 is 0.676 bits per heavy atom. The molecule has 37 heavy (non-hydrogen) atoms. The first-order valence-corrected chi connectivity index (χ1v) is 14.9. The van der Waals surface area contributed by atoms with Crippen molar-refractivity contribution in [2.45, 2.75) is 123 Å². The second-order valence-corrected chi connectivity index (χ2v) is 9.44. The summed E-state index contributed by atoms with van der Waals surface area (Å²) in [5.41, 5.74) is 0. The Balaban J connectivity index is 3.54. The van der Waals surface area contributed by atoms with Gasteiger partial charge in [0.25, 0.3) is 0 Å². The molecule has 0 saturated heterocycles. The maximum Gasteiger partial charge on any atom is 0.306 e. The van der Waals surface area contributed by atoms with E-state index < -0.39 is 6.10 Å². The van der Waals surface area contributed by atoms with Crippen LogP contribution in [0.3, 0.4) is 0 Å². The second-order valence-electron chi connectivity index (χ2n) is 9.44. The van der Waals surface area contributed by atoms with Crippen LogP contribution < -0.4 is 0 Å². The predicted molar refractivity (Wildman–Crippen MR) is 159 cm³/mol. The Labute approximate surface area is 228 Å². The number of carbonyl (C=O) groups excluding carboxylic acids is 1. The highest BCUT2D eigenvalue weighted by molar-refractivity contribution is 5.69. The number of aliphatic hydroxyl groups excluding tert-OH is 1. The van der Waals surface area contributed by atoms with E-state index in [1.54, 1.807) is 0 Å². The maximum absolute atomic E-state index is 11.9. The first-order chi connectivity index (χ1) is 18.2. The summed E-state index contributed by atoms with van der Waals surface area (Å²) in [5, 5.41) is 9.41. The lowest BCUT2D eigenvalue weighted by molar-refractivity contribution is -0.154. The second kappa shape index (κ2) is 30.3. The smallest absolute Gasteiger partial charge is 0.306 e. The molecule has 0 fully saturated rings. The highest BCUT2D eigenvalue weighted by Crippen LogP contribution is 2.08. The number of esters is 1. The first kappa shape index (κ1) is 35.1. The van der Waals surface area contributed by atoms with Crippen molar-refractivity contribution in [2.75, 3.05) is 19.8 Å². The minimum absolute atomic E-state index is 0.186. The molecule has 1 N–H and O–H groups in total. The fourth-order valence-corrected chi connectivity index (χ4v) is 3.64. The number of hydrogen-bond donors (Lipinski definition) is 1. The van der Waals surface area contributed by atoms with Gasteiger partial charge in [-0.1, -0.05) is 113 Å². The number of carbonyl (C=O) groups is 1. The van der Waals surface area contributed by atoms with Crippen LogP contribution in [-0.2, 0) is 14.3 Å². The molecule has 0 spiro atoms. The first-order valence-electron chi connectivity index (χ1n) is 14.9. The van der Waals surface area contributed by atoms with Crippen LogP contribution in [0.2, 0.25) is 0 Å². The van der Waals surface area contributed by atoms with Crippen molar-refractivity contribution in [1.82, 2.24) is 0 Å². The van der Waals surface area contributed by atoms with Crippen LogP contribution in [-0.4, -0.2) is 37.0 Å². The van der Waals surface area contributed by atoms with Crippen molar-refractivity contribution in [3.8, 4) is 0 Å². The van der Waals surface area contributed by atoms with Gasteiger partial charge in [0.15, 0.2) is 0 Å². The number of allylic oxidation sites excluding steroid dienone is 10. The van der Waals surface area contributed by atoms with E-state index in [0.29, 0.717) is 13.0 Å². The highest BCUT2D eigenvalue weighted by atomic mass is 16.6. The van der Waals surface area contributed by atoms with Gasteiger partial charge in [0, 0.05) is 13.0 Å². The number of hydrogen-bond acceptors (Lipinski definition) is 4. The summed E-state index contributed by atoms with van der Waals surface area (Å²) in [7, 11) is 0. The molecule has 0 aromatic carbocycles. The third-order valence-corrected chi connectivity index (χ3v) is 5.86. The maximum atomic E-state index is 11.9. The summed E-state index contributed by atoms with van der Waals surface area (Å²) < 4.78 is 10.9. The SMILES string of the molecule is CC/C=C\C/C=C\C/C=C\C/C=C\C/C=C\CCCCCCOCC(CO)OC(=O)CCCCCCC. The molecule has 0 aromatic heterocycles. The molecular formula is C33H56O4. The van der Waals surface area contributed by atoms with Gasteiger partial charge in [0.2, 0.25) is 0 Å². The van der Waals surface area contributed by atoms with Crippen molar-refractivity contribution in [1.29, 1.82) is 0 Å². The molecular weight excluding hydrogens is 460 g/mol. The third-order valence-electron chi connectivity index (χ3n) is 5.86. The molecule has 0 radical (unpaired) electrons. The Morgan fingerprint density at radius 3 is 1.81 bits per heavy atom. The third kappa shape index (κ3) is 28.5. The average molecular weight is 517 g/mol. The summed E-state index contributed by atoms with van der Waals surface area (Å²) in [6.07, 6.45) is 38.5. The molecule has 1 unspecified atom stereocenters. The number of ether oxygens (including phenoxy) is 2. The minimum Gasteiger partial charge on any atom is -0.457 e. The zero-order chi connectivity index (χ0) is 27.1. The largest absolute Gasteiger partial charge is 0.457 e. The Kier molecular flexibility index (Phi) is 28.7. The quantitative estimate of drug-likeness (QED) is 0.0708. The standard InChI is InChI=1S/C33H56O4/c1-3-5-7-9-10-11-12-13-14-15-16-17-18-19-20-21-22-23-25-27-29-36-31-32(30-34)37-33(35)28-26-24-8-6-4-2/h5,7,10-11,13-14,16-17,19-20,32,34H,3-4,6,8-9,12,15,18,21-31H2,1-2H3/b7-5-,11-10-,14-13-,17-16-,20-19-. The average Bonchev–Trinajstić information content (AvgIpc) is 2.90. The van der Waals surface area contributed by atoms with Crippen LogP contribution in [0.5, 0.6) is 0 Å². The lowest BCUT2D eigenvalue weighted by atomic mass is 10.1. The van der Waals surface area contributed by atoms with E-state index in [1.807, 2.05) is 0 Å². The van der Waals surface area contributed by atoms with Gasteiger partial charge in [-0.3, -0.25) is 4.79 Å². The fraction of sp³-hybridized carbons (Fsp3) is 0.667. The molecule has 4 heteroatoms. The van der Waals surface area contributed by atoms with Crippen LogP contribution in [0.25, 0.3) is 0 Å². The van der Waals surface area contributed by atoms with Gasteiger partial charge in [0.05, 0.1) is 13.2 Å². The normalized spacial score (nSPS) is 13.3. The number of unbranched alkanes of at least 4 members (excludes halogenated alkanes) is 8. The molecule has 1 atom stereocenters. The number of rotatable bonds is 26. The van der Waals surface area contributed by atoms with Gasteiger partial charge in [-0.15, -0.1) is 0 Å². The molecule has 0 aliphatic carbocycles. The summed E-state index contributed by atoms with van der Waals surface area (Å²) >= 11 is 0. The summed E-state index contributed by atoms with van der Waals surface area (Å²) in [6, 6.07) is 0. The van der Waals surface area contributed by atoms with Crippen molar-refractivity contribution < 1.29 is 19.4 Å². The summed E-state index contributed by atoms with van der Waals surface area (Å²) in [6.45, 7) is 5.07. The summed E-state index contributed by atoms with van der Waals surface area (Å²) in [4.78, 5) is 11.9. The van der Waals surface area contributed by atoms with E-state index in [2.05, 4.69) is 74.6 Å². The van der Waals surface area contributed by atoms with E-state index in [9.17, 15) is 9.90 Å². The van der Waals surface area contributed by atoms with Crippen molar-refractivity contribution in [3.63, 3.8) is 0 Å². The van der Waals surface area contributed by atoms with Crippen molar-refractivity contribution in [2.24, 2.45) is 0 Å². The van der Waals surface area contributed by atoms with Crippen molar-refractivity contribution >= 4 is 5.97 Å². The lowest BCUT2D eigenvalue weighted by Crippen LogP contribution is -2.27. The molecule has 0 aromatic rings. The molecule has 0 heterocycles. The molecule has 0 aliphatic heterocycles. The molecule has 0 amide bonds. The van der Waals surface area contributed by atoms with E-state index in [1.165, 1.54) is 32.1 Å². The van der Waals surface area contributed by atoms with E-state index in [0.717, 1.165) is 64.2 Å². The molecule has 0 bridgehead atoms. The van der Waals surface area contributed by atoms with Crippen LogP contribution >= 0.6 is 0 Å². The van der Waals surface area contributed by atoms with Crippen LogP contribution in [0.1, 0.15) is 117 Å². The molecule has 0 saturated carbocycles. The summed E-state index contributed by atoms with van der Waals surface area (Å²) in [5.74, 6) is -0.228. The van der Waals surface area contributed by atoms with Gasteiger partial charge in [-0.2, -0.15) is 0 Å². The zero-order valence-corrected chi connectivity index (χ0v) is 24.0. The zero-order valence-electron chi connectivity index (χ0n) is 24.0. The topological polar surface area (TPSA) is 55.8 Å². The Morgan fingerprint density at radius 2 is 1.22 bits per heavy atom. The van der Waals surface area contributed by atoms with E-state index >= 15 is 0 Å². The van der Waals surface area contributed by atoms with Gasteiger partial charge < -0.3 is 14.6 Å². The van der Waals surface area contributed by atoms with Crippen LogP contribution in [0.4, 0.5) is 0 Å². The van der Waals surface area contributed by atoms with Crippen molar-refractivity contribution in [3.05, 3.63) is 60.8 Å². The van der Waals surface area contributed by atoms with E-state index in [-0.39, 0.29) is 19.2 Å². The van der Waals surface area contributed by atoms with Gasteiger partial charge in [-0.05, 0) is 57.8 Å². The fourth-order valence-electron chi connectivity index (χ4n) is 3.64. The van der Waals surface area contributed by atoms with Gasteiger partial charge in [-0.25, -0.2) is 0 Å². The number of aliphatic hydroxyl groups is 1. The monoisotopic (exact) mass is 516 g/mol. The van der Waals surface area contributed by atoms with Crippen LogP contribution in [0, 0.1) is 0 Å². The molecule has 212 valence electrons. The Hall–Kier alpha value is -1.91. The molecule has 4 nitrogen and oxygen atoms in total. The molecule has 0 aliphatic rings. The Bertz CT molecular complexity index is 630. The highest BCUT2D eigenvalue weighted by Gasteiger charge is 2.13. The van der Waals surface area contributed by atoms with Crippen LogP contribution in [0.15, 0.2) is 60.8 Å². The molecule has 0 rings (SSSR count). The van der Waals surface area contributed by atoms with Gasteiger partial charge >= 0.3 is 5.97 Å². The minimum atomic E-state index is -0.543.